The molecule has 2 fully saturated rings. The third kappa shape index (κ3) is 3.42. The fourth-order valence-corrected chi connectivity index (χ4v) is 3.19. The quantitative estimate of drug-likeness (QED) is 0.752. The minimum Gasteiger partial charge on any atom is -0.469 e. The summed E-state index contributed by atoms with van der Waals surface area (Å²) in [6.07, 6.45) is 5.88. The van der Waals surface area contributed by atoms with Crippen LogP contribution >= 0.6 is 0 Å². The van der Waals surface area contributed by atoms with Crippen LogP contribution in [0, 0.1) is 0 Å². The van der Waals surface area contributed by atoms with Crippen LogP contribution in [0.4, 0.5) is 0 Å². The zero-order valence-electron chi connectivity index (χ0n) is 10.9. The minimum absolute atomic E-state index is 0.108. The summed E-state index contributed by atoms with van der Waals surface area (Å²) in [7, 11) is 1.46. The summed E-state index contributed by atoms with van der Waals surface area (Å²) in [5.41, 5.74) is 0. The highest BCUT2D eigenvalue weighted by Crippen LogP contribution is 2.25. The topological polar surface area (TPSA) is 41.6 Å². The van der Waals surface area contributed by atoms with Crippen LogP contribution in [0.2, 0.25) is 0 Å². The molecule has 1 saturated heterocycles. The van der Waals surface area contributed by atoms with Crippen molar-refractivity contribution < 1.29 is 9.53 Å². The van der Waals surface area contributed by atoms with Crippen molar-refractivity contribution in [1.29, 1.82) is 0 Å². The van der Waals surface area contributed by atoms with Crippen molar-refractivity contribution in [3.05, 3.63) is 0 Å². The molecule has 1 saturated carbocycles. The third-order valence-electron chi connectivity index (χ3n) is 3.97. The van der Waals surface area contributed by atoms with Crippen molar-refractivity contribution in [2.75, 3.05) is 20.2 Å². The lowest BCUT2D eigenvalue weighted by Crippen LogP contribution is -2.58. The Balaban J connectivity index is 1.88. The smallest absolute Gasteiger partial charge is 0.307 e. The van der Waals surface area contributed by atoms with E-state index in [9.17, 15) is 4.79 Å². The summed E-state index contributed by atoms with van der Waals surface area (Å²) >= 11 is 0. The standard InChI is InChI=1S/C13H24N2O2/c1-10-8-15(12-5-3-4-6-12)9-11(14-10)7-13(16)17-2/h10-12,14H,3-9H2,1-2H3. The van der Waals surface area contributed by atoms with Crippen LogP contribution in [0.15, 0.2) is 0 Å². The number of esters is 1. The van der Waals surface area contributed by atoms with Crippen LogP contribution in [0.1, 0.15) is 39.0 Å². The Morgan fingerprint density at radius 2 is 2.06 bits per heavy atom. The van der Waals surface area contributed by atoms with Crippen LogP contribution in [-0.2, 0) is 9.53 Å². The van der Waals surface area contributed by atoms with E-state index in [4.69, 9.17) is 4.74 Å². The van der Waals surface area contributed by atoms with Crippen molar-refractivity contribution >= 4 is 5.97 Å². The lowest BCUT2D eigenvalue weighted by Gasteiger charge is -2.40. The Hall–Kier alpha value is -0.610. The maximum atomic E-state index is 11.3. The molecule has 4 nitrogen and oxygen atoms in total. The van der Waals surface area contributed by atoms with E-state index in [0.717, 1.165) is 19.1 Å². The van der Waals surface area contributed by atoms with Gasteiger partial charge < -0.3 is 10.1 Å². The number of ether oxygens (including phenoxy) is 1. The molecule has 2 atom stereocenters. The molecule has 0 aromatic heterocycles. The lowest BCUT2D eigenvalue weighted by atomic mass is 10.0. The fraction of sp³-hybridized carbons (Fsp3) is 0.923. The van der Waals surface area contributed by atoms with Gasteiger partial charge in [0.25, 0.3) is 0 Å². The monoisotopic (exact) mass is 240 g/mol. The summed E-state index contributed by atoms with van der Waals surface area (Å²) in [5.74, 6) is -0.108. The third-order valence-corrected chi connectivity index (χ3v) is 3.97. The molecule has 1 aliphatic heterocycles. The molecule has 2 aliphatic rings. The molecule has 0 spiro atoms. The van der Waals surface area contributed by atoms with Gasteiger partial charge in [-0.1, -0.05) is 12.8 Å². The van der Waals surface area contributed by atoms with E-state index in [1.165, 1.54) is 32.8 Å². The van der Waals surface area contributed by atoms with E-state index in [1.807, 2.05) is 0 Å². The van der Waals surface area contributed by atoms with Gasteiger partial charge in [0.2, 0.25) is 0 Å². The summed E-state index contributed by atoms with van der Waals surface area (Å²) in [4.78, 5) is 13.9. The average Bonchev–Trinajstić information content (AvgIpc) is 2.81. The molecular weight excluding hydrogens is 216 g/mol. The number of methoxy groups -OCH3 is 1. The predicted molar refractivity (Wildman–Crippen MR) is 66.8 cm³/mol. The first-order valence-corrected chi connectivity index (χ1v) is 6.76. The molecule has 0 aromatic rings. The molecular formula is C13H24N2O2. The maximum Gasteiger partial charge on any atom is 0.307 e. The van der Waals surface area contributed by atoms with Gasteiger partial charge >= 0.3 is 5.97 Å². The Bertz CT molecular complexity index is 264. The number of carbonyl (C=O) groups is 1. The first-order chi connectivity index (χ1) is 8.19. The normalized spacial score (nSPS) is 31.6. The van der Waals surface area contributed by atoms with Gasteiger partial charge in [-0.25, -0.2) is 0 Å². The second-order valence-electron chi connectivity index (χ2n) is 5.44. The first kappa shape index (κ1) is 12.8. The van der Waals surface area contributed by atoms with E-state index in [2.05, 4.69) is 17.1 Å². The number of nitrogens with zero attached hydrogens (tertiary/aromatic N) is 1. The Labute approximate surface area is 104 Å². The maximum absolute atomic E-state index is 11.3. The predicted octanol–water partition coefficient (Wildman–Crippen LogP) is 1.15. The van der Waals surface area contributed by atoms with Crippen LogP contribution in [0.5, 0.6) is 0 Å². The largest absolute Gasteiger partial charge is 0.469 e. The van der Waals surface area contributed by atoms with Crippen molar-refractivity contribution in [2.45, 2.75) is 57.2 Å². The van der Waals surface area contributed by atoms with E-state index in [0.29, 0.717) is 12.5 Å². The summed E-state index contributed by atoms with van der Waals surface area (Å²) in [6, 6.07) is 1.48. The summed E-state index contributed by atoms with van der Waals surface area (Å²) in [6.45, 7) is 4.30. The molecule has 0 aromatic carbocycles. The fourth-order valence-electron chi connectivity index (χ4n) is 3.19. The molecule has 2 rings (SSSR count). The highest BCUT2D eigenvalue weighted by Gasteiger charge is 2.31. The zero-order valence-corrected chi connectivity index (χ0v) is 10.9. The number of nitrogens with one attached hydrogen (secondary N) is 1. The number of carbonyl (C=O) groups excluding carboxylic acids is 1. The van der Waals surface area contributed by atoms with Gasteiger partial charge in [0, 0.05) is 31.2 Å². The second kappa shape index (κ2) is 5.83. The van der Waals surface area contributed by atoms with E-state index in [1.54, 1.807) is 0 Å². The van der Waals surface area contributed by atoms with E-state index in [-0.39, 0.29) is 12.0 Å². The Morgan fingerprint density at radius 1 is 1.35 bits per heavy atom. The molecule has 2 unspecified atom stereocenters. The van der Waals surface area contributed by atoms with Gasteiger partial charge in [-0.2, -0.15) is 0 Å². The molecule has 0 bridgehead atoms. The highest BCUT2D eigenvalue weighted by molar-refractivity contribution is 5.70. The van der Waals surface area contributed by atoms with Crippen molar-refractivity contribution in [3.63, 3.8) is 0 Å². The number of rotatable bonds is 3. The lowest BCUT2D eigenvalue weighted by molar-refractivity contribution is -0.141. The van der Waals surface area contributed by atoms with Crippen LogP contribution in [0.3, 0.4) is 0 Å². The molecule has 0 amide bonds. The Kier molecular flexibility index (Phi) is 4.40. The van der Waals surface area contributed by atoms with Gasteiger partial charge in [0.15, 0.2) is 0 Å². The molecule has 0 radical (unpaired) electrons. The van der Waals surface area contributed by atoms with Crippen LogP contribution in [-0.4, -0.2) is 49.2 Å². The number of piperazine rings is 1. The summed E-state index contributed by atoms with van der Waals surface area (Å²) < 4.78 is 4.75. The second-order valence-corrected chi connectivity index (χ2v) is 5.44. The SMILES string of the molecule is COC(=O)CC1CN(C2CCCC2)CC(C)N1. The minimum atomic E-state index is -0.108. The van der Waals surface area contributed by atoms with Crippen molar-refractivity contribution in [3.8, 4) is 0 Å². The van der Waals surface area contributed by atoms with Gasteiger partial charge in [-0.15, -0.1) is 0 Å². The van der Waals surface area contributed by atoms with Gasteiger partial charge in [-0.05, 0) is 19.8 Å². The highest BCUT2D eigenvalue weighted by atomic mass is 16.5. The molecule has 17 heavy (non-hydrogen) atoms. The first-order valence-electron chi connectivity index (χ1n) is 6.76. The van der Waals surface area contributed by atoms with E-state index >= 15 is 0 Å². The number of hydrogen-bond donors (Lipinski definition) is 1. The van der Waals surface area contributed by atoms with Crippen LogP contribution in [0.25, 0.3) is 0 Å². The van der Waals surface area contributed by atoms with Crippen molar-refractivity contribution in [1.82, 2.24) is 10.2 Å². The molecule has 98 valence electrons. The Morgan fingerprint density at radius 3 is 2.71 bits per heavy atom. The molecule has 1 aliphatic carbocycles. The number of hydrogen-bond acceptors (Lipinski definition) is 4. The summed E-state index contributed by atoms with van der Waals surface area (Å²) in [5, 5.41) is 3.49. The molecule has 1 N–H and O–H groups in total. The zero-order chi connectivity index (χ0) is 12.3. The van der Waals surface area contributed by atoms with Crippen LogP contribution < -0.4 is 5.32 Å². The van der Waals surface area contributed by atoms with E-state index < -0.39 is 0 Å². The van der Waals surface area contributed by atoms with Gasteiger partial charge in [-0.3, -0.25) is 9.69 Å². The van der Waals surface area contributed by atoms with Gasteiger partial charge in [0.05, 0.1) is 13.5 Å². The molecule has 1 heterocycles. The van der Waals surface area contributed by atoms with Gasteiger partial charge in [0.1, 0.15) is 0 Å². The average molecular weight is 240 g/mol. The molecule has 4 heteroatoms. The van der Waals surface area contributed by atoms with Crippen molar-refractivity contribution in [2.24, 2.45) is 0 Å².